The van der Waals surface area contributed by atoms with Crippen molar-refractivity contribution < 1.29 is 4.42 Å². The second kappa shape index (κ2) is 13.9. The molecule has 55 heavy (non-hydrogen) atoms. The molecule has 10 rings (SSSR count). The molecule has 0 aliphatic heterocycles. The second-order valence-electron chi connectivity index (χ2n) is 13.7. The van der Waals surface area contributed by atoms with Crippen LogP contribution in [0, 0.1) is 0 Å². The molecule has 0 aliphatic rings. The lowest BCUT2D eigenvalue weighted by atomic mass is 9.94. The third kappa shape index (κ3) is 5.89. The predicted octanol–water partition coefficient (Wildman–Crippen LogP) is 15.0. The van der Waals surface area contributed by atoms with Gasteiger partial charge in [0.25, 0.3) is 0 Å². The van der Waals surface area contributed by atoms with E-state index in [0.717, 1.165) is 67.2 Å². The van der Waals surface area contributed by atoms with Gasteiger partial charge in [0.2, 0.25) is 0 Å². The number of rotatable bonds is 8. The van der Waals surface area contributed by atoms with Gasteiger partial charge in [-0.05, 0) is 101 Å². The number of hydrogen-bond donors (Lipinski definition) is 0. The number of hydrogen-bond acceptors (Lipinski definition) is 3. The molecule has 1 aromatic heterocycles. The second-order valence-corrected chi connectivity index (χ2v) is 13.7. The van der Waals surface area contributed by atoms with Crippen molar-refractivity contribution in [2.45, 2.75) is 0 Å². The highest BCUT2D eigenvalue weighted by molar-refractivity contribution is 6.10. The maximum atomic E-state index is 6.42. The quantitative estimate of drug-likeness (QED) is 0.157. The molecule has 0 saturated heterocycles. The zero-order chi connectivity index (χ0) is 36.6. The summed E-state index contributed by atoms with van der Waals surface area (Å²) in [7, 11) is 0. The van der Waals surface area contributed by atoms with Crippen LogP contribution in [0.15, 0.2) is 223 Å². The van der Waals surface area contributed by atoms with E-state index in [9.17, 15) is 0 Å². The summed E-state index contributed by atoms with van der Waals surface area (Å²) < 4.78 is 6.42. The van der Waals surface area contributed by atoms with Crippen LogP contribution in [0.3, 0.4) is 0 Å². The van der Waals surface area contributed by atoms with Gasteiger partial charge in [-0.1, -0.05) is 140 Å². The Kier molecular flexibility index (Phi) is 8.16. The number of nitrogens with zero attached hydrogens (tertiary/aromatic N) is 2. The van der Waals surface area contributed by atoms with E-state index in [-0.39, 0.29) is 0 Å². The Hall–Kier alpha value is -7.36. The third-order valence-corrected chi connectivity index (χ3v) is 10.4. The minimum absolute atomic E-state index is 0.880. The van der Waals surface area contributed by atoms with E-state index in [2.05, 4.69) is 216 Å². The third-order valence-electron chi connectivity index (χ3n) is 10.4. The van der Waals surface area contributed by atoms with Crippen molar-refractivity contribution in [3.8, 4) is 22.3 Å². The zero-order valence-electron chi connectivity index (χ0n) is 30.1. The van der Waals surface area contributed by atoms with Crippen LogP contribution >= 0.6 is 0 Å². The Balaban J connectivity index is 1.15. The van der Waals surface area contributed by atoms with Gasteiger partial charge in [0, 0.05) is 44.6 Å². The van der Waals surface area contributed by atoms with Crippen LogP contribution in [-0.4, -0.2) is 0 Å². The average molecular weight is 705 g/mol. The maximum Gasteiger partial charge on any atom is 0.136 e. The molecule has 0 atom stereocenters. The van der Waals surface area contributed by atoms with Gasteiger partial charge in [0.05, 0.1) is 11.4 Å². The molecule has 0 fully saturated rings. The highest BCUT2D eigenvalue weighted by atomic mass is 16.3. The molecule has 9 aromatic carbocycles. The molecule has 10 aromatic rings. The minimum Gasteiger partial charge on any atom is -0.456 e. The number of para-hydroxylation sites is 4. The van der Waals surface area contributed by atoms with Crippen molar-refractivity contribution in [2.75, 3.05) is 9.80 Å². The molecule has 0 amide bonds. The first kappa shape index (κ1) is 32.3. The van der Waals surface area contributed by atoms with Crippen molar-refractivity contribution in [3.63, 3.8) is 0 Å². The summed E-state index contributed by atoms with van der Waals surface area (Å²) in [5.74, 6) is 0. The fraction of sp³-hybridized carbons (Fsp3) is 0. The lowest BCUT2D eigenvalue weighted by Gasteiger charge is -2.30. The fourth-order valence-electron chi connectivity index (χ4n) is 7.92. The van der Waals surface area contributed by atoms with E-state index in [1.807, 2.05) is 12.1 Å². The molecule has 0 radical (unpaired) electrons. The van der Waals surface area contributed by atoms with E-state index < -0.39 is 0 Å². The molecule has 0 aliphatic carbocycles. The summed E-state index contributed by atoms with van der Waals surface area (Å²) in [6.45, 7) is 0. The summed E-state index contributed by atoms with van der Waals surface area (Å²) in [5, 5.41) is 4.61. The van der Waals surface area contributed by atoms with Crippen LogP contribution in [0.25, 0.3) is 55.0 Å². The summed E-state index contributed by atoms with van der Waals surface area (Å²) >= 11 is 0. The predicted molar refractivity (Wildman–Crippen MR) is 231 cm³/mol. The van der Waals surface area contributed by atoms with Gasteiger partial charge >= 0.3 is 0 Å². The summed E-state index contributed by atoms with van der Waals surface area (Å²) in [4.78, 5) is 4.72. The maximum absolute atomic E-state index is 6.42. The molecule has 0 N–H and O–H groups in total. The van der Waals surface area contributed by atoms with Crippen LogP contribution in [0.2, 0.25) is 0 Å². The Morgan fingerprint density at radius 1 is 0.309 bits per heavy atom. The largest absolute Gasteiger partial charge is 0.456 e. The molecule has 0 bridgehead atoms. The van der Waals surface area contributed by atoms with Crippen molar-refractivity contribution >= 4 is 66.8 Å². The van der Waals surface area contributed by atoms with E-state index >= 15 is 0 Å². The summed E-state index contributed by atoms with van der Waals surface area (Å²) in [6, 6.07) is 77.5. The lowest BCUT2D eigenvalue weighted by molar-refractivity contribution is 0.669. The van der Waals surface area contributed by atoms with Gasteiger partial charge in [0.1, 0.15) is 11.2 Å². The first-order valence-corrected chi connectivity index (χ1v) is 18.7. The number of benzene rings is 9. The summed E-state index contributed by atoms with van der Waals surface area (Å²) in [6.07, 6.45) is 0. The van der Waals surface area contributed by atoms with Gasteiger partial charge in [-0.2, -0.15) is 0 Å². The first-order valence-electron chi connectivity index (χ1n) is 18.7. The van der Waals surface area contributed by atoms with Crippen LogP contribution < -0.4 is 9.80 Å². The Morgan fingerprint density at radius 2 is 0.836 bits per heavy atom. The average Bonchev–Trinajstić information content (AvgIpc) is 3.63. The molecular weight excluding hydrogens is 669 g/mol. The Bertz CT molecular complexity index is 2920. The fourth-order valence-corrected chi connectivity index (χ4v) is 7.92. The monoisotopic (exact) mass is 704 g/mol. The van der Waals surface area contributed by atoms with Crippen LogP contribution in [0.5, 0.6) is 0 Å². The van der Waals surface area contributed by atoms with Crippen LogP contribution in [0.1, 0.15) is 0 Å². The number of furan rings is 1. The molecule has 0 saturated carbocycles. The molecule has 0 spiro atoms. The van der Waals surface area contributed by atoms with Crippen LogP contribution in [-0.2, 0) is 0 Å². The SMILES string of the molecule is c1ccc(-c2ccccc2N(c2ccccc2)c2ccc(N(c3ccccc3)c3ccc4ccccc4c3-c3ccc4c(c3)oc3ccccc34)cc2)cc1. The van der Waals surface area contributed by atoms with Gasteiger partial charge in [-0.25, -0.2) is 0 Å². The van der Waals surface area contributed by atoms with E-state index in [1.165, 1.54) is 21.9 Å². The molecule has 1 heterocycles. The zero-order valence-corrected chi connectivity index (χ0v) is 30.1. The van der Waals surface area contributed by atoms with Gasteiger partial charge in [0.15, 0.2) is 0 Å². The standard InChI is InChI=1S/C52H36N2O/c1-4-16-37(17-5-1)44-23-12-14-26-48(44)53(40-19-6-2-7-20-40)42-30-32-43(33-31-42)54(41-21-8-3-9-22-41)49-35-29-38-18-10-11-24-45(38)52(49)39-28-34-47-46-25-13-15-27-50(46)55-51(47)36-39/h1-36H. The number of anilines is 6. The molecule has 3 heteroatoms. The van der Waals surface area contributed by atoms with E-state index in [4.69, 9.17) is 4.42 Å². The molecule has 0 unspecified atom stereocenters. The van der Waals surface area contributed by atoms with Crippen molar-refractivity contribution in [1.82, 2.24) is 0 Å². The molecule has 3 nitrogen and oxygen atoms in total. The normalized spacial score (nSPS) is 11.3. The lowest BCUT2D eigenvalue weighted by Crippen LogP contribution is -2.13. The first-order chi connectivity index (χ1) is 27.3. The van der Waals surface area contributed by atoms with Gasteiger partial charge < -0.3 is 14.2 Å². The Labute approximate surface area is 320 Å². The van der Waals surface area contributed by atoms with Crippen molar-refractivity contribution in [2.24, 2.45) is 0 Å². The molecule has 260 valence electrons. The highest BCUT2D eigenvalue weighted by Gasteiger charge is 2.22. The van der Waals surface area contributed by atoms with Crippen molar-refractivity contribution in [3.05, 3.63) is 218 Å². The van der Waals surface area contributed by atoms with Gasteiger partial charge in [-0.3, -0.25) is 0 Å². The minimum atomic E-state index is 0.880. The number of fused-ring (bicyclic) bond motifs is 4. The van der Waals surface area contributed by atoms with Gasteiger partial charge in [-0.15, -0.1) is 0 Å². The Morgan fingerprint density at radius 3 is 1.55 bits per heavy atom. The van der Waals surface area contributed by atoms with Crippen LogP contribution in [0.4, 0.5) is 34.1 Å². The summed E-state index contributed by atoms with van der Waals surface area (Å²) in [5.41, 5.74) is 12.9. The van der Waals surface area contributed by atoms with Crippen molar-refractivity contribution in [1.29, 1.82) is 0 Å². The topological polar surface area (TPSA) is 19.6 Å². The smallest absolute Gasteiger partial charge is 0.136 e. The molecular formula is C52H36N2O. The van der Waals surface area contributed by atoms with E-state index in [1.54, 1.807) is 0 Å². The highest BCUT2D eigenvalue weighted by Crippen LogP contribution is 2.47. The van der Waals surface area contributed by atoms with E-state index in [0.29, 0.717) is 0 Å².